The second kappa shape index (κ2) is 10.1. The van der Waals surface area contributed by atoms with Gasteiger partial charge >= 0.3 is 6.09 Å². The molecule has 2 aliphatic rings. The molecule has 0 saturated carbocycles. The largest absolute Gasteiger partial charge is 0.465 e. The fraction of sp³-hybridized carbons (Fsp3) is 0.375. The van der Waals surface area contributed by atoms with Crippen molar-refractivity contribution in [3.63, 3.8) is 0 Å². The molecule has 12 heteroatoms. The van der Waals surface area contributed by atoms with Crippen LogP contribution in [0.3, 0.4) is 0 Å². The van der Waals surface area contributed by atoms with Crippen molar-refractivity contribution in [3.8, 4) is 0 Å². The number of alkyl halides is 2. The molecule has 2 aliphatic heterocycles. The van der Waals surface area contributed by atoms with Crippen molar-refractivity contribution in [1.82, 2.24) is 14.8 Å². The number of rotatable bonds is 5. The van der Waals surface area contributed by atoms with Crippen molar-refractivity contribution in [2.24, 2.45) is 0 Å². The molecule has 1 aromatic carbocycles. The lowest BCUT2D eigenvalue weighted by molar-refractivity contribution is 0.101. The van der Waals surface area contributed by atoms with E-state index >= 15 is 4.39 Å². The van der Waals surface area contributed by atoms with Crippen LogP contribution >= 0.6 is 0 Å². The van der Waals surface area contributed by atoms with Crippen LogP contribution in [0.2, 0.25) is 0 Å². The van der Waals surface area contributed by atoms with Gasteiger partial charge in [0.05, 0.1) is 16.9 Å². The second-order valence-electron chi connectivity index (χ2n) is 8.94. The second-order valence-corrected chi connectivity index (χ2v) is 8.94. The van der Waals surface area contributed by atoms with Crippen LogP contribution < -0.4 is 15.8 Å². The number of nitrogens with one attached hydrogen (secondary N) is 2. The molecule has 1 unspecified atom stereocenters. The normalized spacial score (nSPS) is 18.5. The van der Waals surface area contributed by atoms with E-state index in [1.54, 1.807) is 6.08 Å². The Morgan fingerprint density at radius 1 is 1.22 bits per heavy atom. The molecule has 4 rings (SSSR count). The first kappa shape index (κ1) is 25.3. The van der Waals surface area contributed by atoms with E-state index < -0.39 is 40.9 Å². The highest BCUT2D eigenvalue weighted by Gasteiger charge is 2.28. The zero-order valence-corrected chi connectivity index (χ0v) is 19.7. The van der Waals surface area contributed by atoms with Crippen molar-refractivity contribution in [1.29, 1.82) is 0 Å². The van der Waals surface area contributed by atoms with Gasteiger partial charge in [0.1, 0.15) is 5.82 Å². The number of carbonyl (C=O) groups excluding carboxylic acids is 1. The fourth-order valence-electron chi connectivity index (χ4n) is 4.39. The SMILES string of the molecule is CC1CN(c2cc(F)c(C3=CCN(C(=O)O)C3)cc2NC(=O)c2c[nH]c(=O)cc2C(F)F)CCN1C. The maximum atomic E-state index is 15.3. The predicted molar refractivity (Wildman–Crippen MR) is 128 cm³/mol. The van der Waals surface area contributed by atoms with Gasteiger partial charge in [-0.05, 0) is 31.7 Å². The van der Waals surface area contributed by atoms with Crippen LogP contribution in [0.4, 0.5) is 29.3 Å². The van der Waals surface area contributed by atoms with Crippen molar-refractivity contribution in [2.75, 3.05) is 50.0 Å². The summed E-state index contributed by atoms with van der Waals surface area (Å²) in [7, 11) is 1.97. The van der Waals surface area contributed by atoms with Crippen LogP contribution in [-0.4, -0.2) is 77.7 Å². The third kappa shape index (κ3) is 5.08. The minimum atomic E-state index is -3.06. The Morgan fingerprint density at radius 3 is 2.61 bits per heavy atom. The maximum Gasteiger partial charge on any atom is 0.407 e. The van der Waals surface area contributed by atoms with Crippen molar-refractivity contribution in [2.45, 2.75) is 19.4 Å². The molecule has 2 amide bonds. The first-order chi connectivity index (χ1) is 17.0. The molecular formula is C24H26F3N5O4. The summed E-state index contributed by atoms with van der Waals surface area (Å²) in [5.74, 6) is -1.49. The third-order valence-corrected chi connectivity index (χ3v) is 6.61. The number of pyridine rings is 1. The van der Waals surface area contributed by atoms with Gasteiger partial charge in [-0.15, -0.1) is 0 Å². The molecule has 1 atom stereocenters. The Hall–Kier alpha value is -3.80. The summed E-state index contributed by atoms with van der Waals surface area (Å²) in [4.78, 5) is 43.3. The van der Waals surface area contributed by atoms with E-state index in [0.717, 1.165) is 11.1 Å². The highest BCUT2D eigenvalue weighted by Crippen LogP contribution is 2.35. The minimum absolute atomic E-state index is 0.0278. The van der Waals surface area contributed by atoms with Gasteiger partial charge in [-0.2, -0.15) is 0 Å². The summed E-state index contributed by atoms with van der Waals surface area (Å²) in [6.45, 7) is 3.84. The number of carbonyl (C=O) groups is 2. The molecular weight excluding hydrogens is 479 g/mol. The molecule has 0 radical (unpaired) electrons. The highest BCUT2D eigenvalue weighted by molar-refractivity contribution is 6.07. The first-order valence-electron chi connectivity index (χ1n) is 11.3. The number of nitrogens with zero attached hydrogens (tertiary/aromatic N) is 3. The molecule has 0 spiro atoms. The summed E-state index contributed by atoms with van der Waals surface area (Å²) in [6.07, 6.45) is -1.69. The Kier molecular flexibility index (Phi) is 7.07. The summed E-state index contributed by atoms with van der Waals surface area (Å²) in [6, 6.07) is 3.48. The van der Waals surface area contributed by atoms with Crippen LogP contribution in [0.15, 0.2) is 35.3 Å². The Bertz CT molecular complexity index is 1280. The van der Waals surface area contributed by atoms with Crippen molar-refractivity contribution < 1.29 is 27.9 Å². The summed E-state index contributed by atoms with van der Waals surface area (Å²) in [5.41, 5.74) is -0.796. The molecule has 3 N–H and O–H groups in total. The van der Waals surface area contributed by atoms with E-state index in [-0.39, 0.29) is 30.4 Å². The molecule has 1 aromatic heterocycles. The van der Waals surface area contributed by atoms with Crippen LogP contribution in [0.5, 0.6) is 0 Å². The first-order valence-corrected chi connectivity index (χ1v) is 11.3. The van der Waals surface area contributed by atoms with Gasteiger partial charge in [-0.25, -0.2) is 18.0 Å². The Balaban J connectivity index is 1.74. The molecule has 192 valence electrons. The van der Waals surface area contributed by atoms with E-state index in [0.29, 0.717) is 37.0 Å². The van der Waals surface area contributed by atoms with Crippen LogP contribution in [-0.2, 0) is 0 Å². The minimum Gasteiger partial charge on any atom is -0.465 e. The topological polar surface area (TPSA) is 109 Å². The molecule has 0 aliphatic carbocycles. The lowest BCUT2D eigenvalue weighted by Crippen LogP contribution is -2.50. The van der Waals surface area contributed by atoms with E-state index in [1.807, 2.05) is 18.9 Å². The lowest BCUT2D eigenvalue weighted by atomic mass is 10.0. The van der Waals surface area contributed by atoms with Gasteiger partial charge in [-0.1, -0.05) is 6.08 Å². The number of amides is 2. The summed E-state index contributed by atoms with van der Waals surface area (Å²) < 4.78 is 42.4. The lowest BCUT2D eigenvalue weighted by Gasteiger charge is -2.39. The number of hydrogen-bond donors (Lipinski definition) is 3. The van der Waals surface area contributed by atoms with Gasteiger partial charge in [-0.3, -0.25) is 9.59 Å². The standard InChI is InChI=1S/C24H26F3N5O4/c1-13-11-31(6-5-30(13)2)20-9-18(25)15(14-3-4-32(12-14)24(35)36)7-19(20)29-23(34)17-10-28-21(33)8-16(17)22(26)27/h3,7-10,13,22H,4-6,11-12H2,1-2H3,(H,28,33)(H,29,34)(H,35,36). The highest BCUT2D eigenvalue weighted by atomic mass is 19.3. The molecule has 3 heterocycles. The zero-order valence-electron chi connectivity index (χ0n) is 19.7. The number of likely N-dealkylation sites (N-methyl/N-ethyl adjacent to an activating group) is 1. The van der Waals surface area contributed by atoms with Crippen molar-refractivity contribution in [3.05, 3.63) is 63.3 Å². The summed E-state index contributed by atoms with van der Waals surface area (Å²) in [5, 5.41) is 11.9. The van der Waals surface area contributed by atoms with Crippen LogP contribution in [0.25, 0.3) is 5.57 Å². The number of halogens is 3. The smallest absolute Gasteiger partial charge is 0.407 e. The maximum absolute atomic E-state index is 15.3. The van der Waals surface area contributed by atoms with Crippen LogP contribution in [0.1, 0.15) is 34.8 Å². The van der Waals surface area contributed by atoms with E-state index in [2.05, 4.69) is 15.2 Å². The number of piperazine rings is 1. The predicted octanol–water partition coefficient (Wildman–Crippen LogP) is 3.22. The van der Waals surface area contributed by atoms with Gasteiger partial charge < -0.3 is 30.1 Å². The molecule has 1 fully saturated rings. The number of anilines is 2. The molecule has 1 saturated heterocycles. The molecule has 9 nitrogen and oxygen atoms in total. The number of benzene rings is 1. The monoisotopic (exact) mass is 505 g/mol. The van der Waals surface area contributed by atoms with E-state index in [9.17, 15) is 28.3 Å². The summed E-state index contributed by atoms with van der Waals surface area (Å²) >= 11 is 0. The quantitative estimate of drug-likeness (QED) is 0.576. The Labute approximate surface area is 204 Å². The molecule has 0 bridgehead atoms. The Morgan fingerprint density at radius 2 is 1.97 bits per heavy atom. The number of hydrogen-bond acceptors (Lipinski definition) is 5. The van der Waals surface area contributed by atoms with Crippen molar-refractivity contribution >= 4 is 28.9 Å². The van der Waals surface area contributed by atoms with E-state index in [1.165, 1.54) is 12.1 Å². The van der Waals surface area contributed by atoms with Gasteiger partial charge in [0.2, 0.25) is 5.56 Å². The van der Waals surface area contributed by atoms with Gasteiger partial charge in [0.15, 0.2) is 0 Å². The average molecular weight is 505 g/mol. The average Bonchev–Trinajstić information content (AvgIpc) is 3.32. The van der Waals surface area contributed by atoms with E-state index in [4.69, 9.17) is 0 Å². The number of H-pyrrole nitrogens is 1. The van der Waals surface area contributed by atoms with Gasteiger partial charge in [0, 0.05) is 62.2 Å². The number of aromatic amines is 1. The molecule has 36 heavy (non-hydrogen) atoms. The third-order valence-electron chi connectivity index (χ3n) is 6.61. The molecule has 2 aromatic rings. The zero-order chi connectivity index (χ0) is 26.1. The number of carboxylic acid groups (broad SMARTS) is 1. The van der Waals surface area contributed by atoms with Gasteiger partial charge in [0.25, 0.3) is 12.3 Å². The number of aromatic nitrogens is 1. The van der Waals surface area contributed by atoms with Crippen LogP contribution in [0, 0.1) is 5.82 Å². The fourth-order valence-corrected chi connectivity index (χ4v) is 4.39.